The highest BCUT2D eigenvalue weighted by molar-refractivity contribution is 5.93. The van der Waals surface area contributed by atoms with Crippen molar-refractivity contribution in [2.45, 2.75) is 12.8 Å². The van der Waals surface area contributed by atoms with Crippen LogP contribution in [-0.4, -0.2) is 54.3 Å². The number of aromatic nitrogens is 4. The van der Waals surface area contributed by atoms with E-state index < -0.39 is 5.97 Å². The number of carbonyl (C=O) groups excluding carboxylic acids is 1. The Morgan fingerprint density at radius 3 is 2.70 bits per heavy atom. The number of hydrogen-bond donors (Lipinski definition) is 2. The van der Waals surface area contributed by atoms with Crippen LogP contribution in [-0.2, 0) is 11.8 Å². The Hall–Kier alpha value is -3.36. The first kappa shape index (κ1) is 17.1. The highest BCUT2D eigenvalue weighted by atomic mass is 16.4. The molecule has 0 saturated carbocycles. The Morgan fingerprint density at radius 1 is 1.26 bits per heavy atom. The molecule has 4 rings (SSSR count). The number of carbonyl (C=O) groups is 2. The van der Waals surface area contributed by atoms with E-state index in [0.29, 0.717) is 37.4 Å². The molecule has 1 fully saturated rings. The van der Waals surface area contributed by atoms with Gasteiger partial charge in [-0.3, -0.25) is 19.2 Å². The number of imidazole rings is 1. The third-order valence-corrected chi connectivity index (χ3v) is 4.86. The second-order valence-electron chi connectivity index (χ2n) is 6.67. The molecule has 1 saturated heterocycles. The number of fused-ring (bicyclic) bond motifs is 1. The molecule has 9 heteroatoms. The van der Waals surface area contributed by atoms with Crippen LogP contribution in [0.5, 0.6) is 0 Å². The molecular formula is C18H20N6O3. The smallest absolute Gasteiger partial charge is 0.323 e. The summed E-state index contributed by atoms with van der Waals surface area (Å²) in [6.45, 7) is 0.837. The first-order chi connectivity index (χ1) is 13.0. The molecule has 9 nitrogen and oxygen atoms in total. The fourth-order valence-corrected chi connectivity index (χ4v) is 3.37. The van der Waals surface area contributed by atoms with Crippen LogP contribution in [0.4, 0.5) is 10.6 Å². The lowest BCUT2D eigenvalue weighted by Crippen LogP contribution is -2.42. The van der Waals surface area contributed by atoms with E-state index in [1.165, 1.54) is 0 Å². The third kappa shape index (κ3) is 3.23. The van der Waals surface area contributed by atoms with Crippen molar-refractivity contribution in [3.05, 3.63) is 36.8 Å². The molecule has 1 aliphatic rings. The van der Waals surface area contributed by atoms with E-state index in [0.717, 1.165) is 11.2 Å². The minimum atomic E-state index is -0.796. The van der Waals surface area contributed by atoms with Crippen LogP contribution in [0.15, 0.2) is 36.8 Å². The molecule has 0 bridgehead atoms. The average Bonchev–Trinajstić information content (AvgIpc) is 3.25. The molecule has 0 aromatic carbocycles. The van der Waals surface area contributed by atoms with Crippen LogP contribution in [0.2, 0.25) is 0 Å². The zero-order valence-electron chi connectivity index (χ0n) is 14.9. The molecule has 0 spiro atoms. The Kier molecular flexibility index (Phi) is 4.27. The van der Waals surface area contributed by atoms with Gasteiger partial charge in [-0.15, -0.1) is 0 Å². The average molecular weight is 368 g/mol. The topological polar surface area (TPSA) is 105 Å². The molecule has 0 radical (unpaired) electrons. The number of pyridine rings is 1. The number of likely N-dealkylation sites (tertiary alicyclic amines) is 1. The van der Waals surface area contributed by atoms with Crippen molar-refractivity contribution in [1.29, 1.82) is 0 Å². The second-order valence-corrected chi connectivity index (χ2v) is 6.67. The van der Waals surface area contributed by atoms with Gasteiger partial charge in [0.1, 0.15) is 17.2 Å². The second kappa shape index (κ2) is 6.75. The van der Waals surface area contributed by atoms with Crippen molar-refractivity contribution in [3.8, 4) is 11.3 Å². The fourth-order valence-electron chi connectivity index (χ4n) is 3.37. The number of anilines is 1. The molecule has 2 amide bonds. The van der Waals surface area contributed by atoms with Crippen LogP contribution >= 0.6 is 0 Å². The minimum absolute atomic E-state index is 0.255. The summed E-state index contributed by atoms with van der Waals surface area (Å²) in [6, 6.07) is 5.37. The molecule has 3 aromatic rings. The summed E-state index contributed by atoms with van der Waals surface area (Å²) in [5.74, 6) is -0.601. The van der Waals surface area contributed by atoms with Gasteiger partial charge >= 0.3 is 12.0 Å². The SMILES string of the molecule is Cn1cc(-c2nc3ccccn3c2NC(=O)N2CCC(C(=O)O)CC2)cn1. The Morgan fingerprint density at radius 2 is 2.04 bits per heavy atom. The molecule has 4 heterocycles. The number of piperidine rings is 1. The van der Waals surface area contributed by atoms with Gasteiger partial charge in [0, 0.05) is 38.1 Å². The Labute approximate surface area is 155 Å². The lowest BCUT2D eigenvalue weighted by molar-refractivity contribution is -0.143. The number of urea groups is 1. The van der Waals surface area contributed by atoms with Crippen molar-refractivity contribution in [2.24, 2.45) is 13.0 Å². The Balaban J connectivity index is 1.61. The first-order valence-corrected chi connectivity index (χ1v) is 8.78. The van der Waals surface area contributed by atoms with Gasteiger partial charge in [0.2, 0.25) is 0 Å². The quantitative estimate of drug-likeness (QED) is 0.736. The van der Waals surface area contributed by atoms with E-state index in [4.69, 9.17) is 5.11 Å². The van der Waals surface area contributed by atoms with Crippen molar-refractivity contribution >= 4 is 23.5 Å². The molecule has 140 valence electrons. The summed E-state index contributed by atoms with van der Waals surface area (Å²) in [6.07, 6.45) is 6.32. The number of nitrogens with one attached hydrogen (secondary N) is 1. The number of rotatable bonds is 3. The molecule has 27 heavy (non-hydrogen) atoms. The van der Waals surface area contributed by atoms with E-state index >= 15 is 0 Å². The zero-order valence-corrected chi connectivity index (χ0v) is 14.9. The lowest BCUT2D eigenvalue weighted by Gasteiger charge is -2.30. The molecule has 0 atom stereocenters. The van der Waals surface area contributed by atoms with Gasteiger partial charge in [-0.1, -0.05) is 6.07 Å². The molecule has 2 N–H and O–H groups in total. The normalized spacial score (nSPS) is 15.2. The molecular weight excluding hydrogens is 348 g/mol. The fraction of sp³-hybridized carbons (Fsp3) is 0.333. The summed E-state index contributed by atoms with van der Waals surface area (Å²) in [5, 5.41) is 16.3. The maximum absolute atomic E-state index is 12.8. The van der Waals surface area contributed by atoms with Gasteiger partial charge in [0.25, 0.3) is 0 Å². The summed E-state index contributed by atoms with van der Waals surface area (Å²) >= 11 is 0. The molecule has 3 aromatic heterocycles. The van der Waals surface area contributed by atoms with Crippen molar-refractivity contribution in [1.82, 2.24) is 24.1 Å². The predicted molar refractivity (Wildman–Crippen MR) is 98.3 cm³/mol. The van der Waals surface area contributed by atoms with Crippen LogP contribution < -0.4 is 5.32 Å². The highest BCUT2D eigenvalue weighted by Crippen LogP contribution is 2.29. The summed E-state index contributed by atoms with van der Waals surface area (Å²) in [5.41, 5.74) is 2.17. The number of amides is 2. The van der Waals surface area contributed by atoms with Crippen molar-refractivity contribution in [3.63, 3.8) is 0 Å². The van der Waals surface area contributed by atoms with Gasteiger partial charge in [0.05, 0.1) is 12.1 Å². The third-order valence-electron chi connectivity index (χ3n) is 4.86. The maximum Gasteiger partial charge on any atom is 0.323 e. The first-order valence-electron chi connectivity index (χ1n) is 8.78. The Bertz CT molecular complexity index is 1000. The number of carboxylic acid groups (broad SMARTS) is 1. The summed E-state index contributed by atoms with van der Waals surface area (Å²) in [4.78, 5) is 30.2. The summed E-state index contributed by atoms with van der Waals surface area (Å²) < 4.78 is 3.51. The number of aryl methyl sites for hydroxylation is 1. The number of hydrogen-bond acceptors (Lipinski definition) is 4. The van der Waals surface area contributed by atoms with Crippen LogP contribution in [0.25, 0.3) is 16.9 Å². The highest BCUT2D eigenvalue weighted by Gasteiger charge is 2.28. The van der Waals surface area contributed by atoms with Gasteiger partial charge < -0.3 is 10.0 Å². The van der Waals surface area contributed by atoms with E-state index in [2.05, 4.69) is 15.4 Å². The number of nitrogens with zero attached hydrogens (tertiary/aromatic N) is 5. The number of carboxylic acids is 1. The molecule has 1 aliphatic heterocycles. The van der Waals surface area contributed by atoms with Gasteiger partial charge in [-0.25, -0.2) is 9.78 Å². The maximum atomic E-state index is 12.8. The minimum Gasteiger partial charge on any atom is -0.481 e. The van der Waals surface area contributed by atoms with Crippen LogP contribution in [0.3, 0.4) is 0 Å². The zero-order chi connectivity index (χ0) is 19.0. The van der Waals surface area contributed by atoms with Gasteiger partial charge in [-0.05, 0) is 25.0 Å². The predicted octanol–water partition coefficient (Wildman–Crippen LogP) is 2.06. The molecule has 0 aliphatic carbocycles. The van der Waals surface area contributed by atoms with Crippen molar-refractivity contribution < 1.29 is 14.7 Å². The number of aliphatic carboxylic acids is 1. The van der Waals surface area contributed by atoms with E-state index in [9.17, 15) is 9.59 Å². The van der Waals surface area contributed by atoms with Gasteiger partial charge in [-0.2, -0.15) is 5.10 Å². The molecule has 0 unspecified atom stereocenters. The largest absolute Gasteiger partial charge is 0.481 e. The van der Waals surface area contributed by atoms with E-state index in [1.54, 1.807) is 15.8 Å². The van der Waals surface area contributed by atoms with Crippen molar-refractivity contribution in [2.75, 3.05) is 18.4 Å². The van der Waals surface area contributed by atoms with Gasteiger partial charge in [0.15, 0.2) is 0 Å². The van der Waals surface area contributed by atoms with Crippen LogP contribution in [0.1, 0.15) is 12.8 Å². The lowest BCUT2D eigenvalue weighted by atomic mass is 9.97. The standard InChI is InChI=1S/C18H20N6O3/c1-22-11-13(10-19-22)15-16(24-7-3-2-4-14(24)20-15)21-18(27)23-8-5-12(6-9-23)17(25)26/h2-4,7,10-12H,5-6,8-9H2,1H3,(H,21,27)(H,25,26). The van der Waals surface area contributed by atoms with E-state index in [1.807, 2.05) is 42.0 Å². The summed E-state index contributed by atoms with van der Waals surface area (Å²) in [7, 11) is 1.82. The van der Waals surface area contributed by atoms with Crippen LogP contribution in [0, 0.1) is 5.92 Å². The van der Waals surface area contributed by atoms with E-state index in [-0.39, 0.29) is 11.9 Å². The monoisotopic (exact) mass is 368 g/mol.